The van der Waals surface area contributed by atoms with E-state index in [0.29, 0.717) is 11.1 Å². The van der Waals surface area contributed by atoms with E-state index in [1.165, 1.54) is 35.1 Å². The van der Waals surface area contributed by atoms with Crippen molar-refractivity contribution in [1.82, 2.24) is 19.9 Å². The smallest absolute Gasteiger partial charge is 0.182 e. The monoisotopic (exact) mass is 370 g/mol. The molecular weight excluding hydrogens is 352 g/mol. The predicted molar refractivity (Wildman–Crippen MR) is 100 cm³/mol. The SMILES string of the molecule is c1cnc(-c2nc(SC3CCOC3)c3c4c(sc3n2)CCCC4)cn1. The predicted octanol–water partition coefficient (Wildman–Crippen LogP) is 3.91. The third-order valence-corrected chi connectivity index (χ3v) is 7.15. The van der Waals surface area contributed by atoms with Crippen molar-refractivity contribution in [2.45, 2.75) is 42.4 Å². The lowest BCUT2D eigenvalue weighted by Crippen LogP contribution is -2.04. The van der Waals surface area contributed by atoms with Crippen LogP contribution >= 0.6 is 23.1 Å². The van der Waals surface area contributed by atoms with Crippen LogP contribution in [0.1, 0.15) is 29.7 Å². The van der Waals surface area contributed by atoms with E-state index in [-0.39, 0.29) is 0 Å². The van der Waals surface area contributed by atoms with Crippen LogP contribution in [-0.2, 0) is 17.6 Å². The molecule has 1 aliphatic carbocycles. The fourth-order valence-corrected chi connectivity index (χ4v) is 6.00. The lowest BCUT2D eigenvalue weighted by Gasteiger charge is -2.13. The molecule has 0 saturated carbocycles. The van der Waals surface area contributed by atoms with Gasteiger partial charge >= 0.3 is 0 Å². The molecule has 4 heterocycles. The maximum Gasteiger partial charge on any atom is 0.182 e. The van der Waals surface area contributed by atoms with Gasteiger partial charge in [0.2, 0.25) is 0 Å². The van der Waals surface area contributed by atoms with Gasteiger partial charge < -0.3 is 4.74 Å². The van der Waals surface area contributed by atoms with E-state index in [1.807, 2.05) is 23.1 Å². The summed E-state index contributed by atoms with van der Waals surface area (Å²) in [4.78, 5) is 20.9. The maximum absolute atomic E-state index is 5.57. The normalized spacial score (nSPS) is 20.1. The highest BCUT2D eigenvalue weighted by Gasteiger charge is 2.25. The standard InChI is InChI=1S/C18H18N4OS2/c1-2-4-14-12(3-1)15-17(24-11-5-8-23-10-11)21-16(22-18(15)25-14)13-9-19-6-7-20-13/h6-7,9,11H,1-5,8,10H2. The zero-order valence-electron chi connectivity index (χ0n) is 13.8. The molecule has 0 N–H and O–H groups in total. The molecule has 0 spiro atoms. The summed E-state index contributed by atoms with van der Waals surface area (Å²) in [7, 11) is 0. The van der Waals surface area contributed by atoms with Crippen molar-refractivity contribution in [3.63, 3.8) is 0 Å². The Bertz CT molecular complexity index is 906. The Balaban J connectivity index is 1.67. The van der Waals surface area contributed by atoms with Gasteiger partial charge in [-0.1, -0.05) is 11.8 Å². The van der Waals surface area contributed by atoms with Gasteiger partial charge in [-0.2, -0.15) is 0 Å². The van der Waals surface area contributed by atoms with E-state index in [2.05, 4.69) is 9.97 Å². The van der Waals surface area contributed by atoms with Gasteiger partial charge in [0.15, 0.2) is 5.82 Å². The summed E-state index contributed by atoms with van der Waals surface area (Å²) in [6.07, 6.45) is 11.1. The van der Waals surface area contributed by atoms with Gasteiger partial charge in [-0.3, -0.25) is 4.98 Å². The van der Waals surface area contributed by atoms with Crippen molar-refractivity contribution in [1.29, 1.82) is 0 Å². The molecule has 3 aromatic rings. The first-order chi connectivity index (χ1) is 12.4. The lowest BCUT2D eigenvalue weighted by atomic mass is 9.97. The van der Waals surface area contributed by atoms with Gasteiger partial charge in [0, 0.05) is 34.5 Å². The average Bonchev–Trinajstić information content (AvgIpc) is 3.29. The van der Waals surface area contributed by atoms with Gasteiger partial charge in [0.25, 0.3) is 0 Å². The lowest BCUT2D eigenvalue weighted by molar-refractivity contribution is 0.199. The molecule has 0 aromatic carbocycles. The Morgan fingerprint density at radius 2 is 2.12 bits per heavy atom. The number of hydrogen-bond acceptors (Lipinski definition) is 7. The number of ether oxygens (including phenoxy) is 1. The highest BCUT2D eigenvalue weighted by Crippen LogP contribution is 2.42. The molecule has 128 valence electrons. The third kappa shape index (κ3) is 2.94. The van der Waals surface area contributed by atoms with Crippen LogP contribution < -0.4 is 0 Å². The van der Waals surface area contributed by atoms with Gasteiger partial charge in [0.1, 0.15) is 15.6 Å². The van der Waals surface area contributed by atoms with E-state index in [0.717, 1.165) is 41.6 Å². The number of thiophene rings is 1. The number of aryl methyl sites for hydroxylation is 2. The van der Waals surface area contributed by atoms with Crippen LogP contribution in [0.2, 0.25) is 0 Å². The molecular formula is C18H18N4OS2. The molecule has 5 rings (SSSR count). The third-order valence-electron chi connectivity index (χ3n) is 4.74. The van der Waals surface area contributed by atoms with Crippen molar-refractivity contribution < 1.29 is 4.74 Å². The Kier molecular flexibility index (Phi) is 4.15. The molecule has 1 saturated heterocycles. The molecule has 5 nitrogen and oxygen atoms in total. The Hall–Kier alpha value is -1.57. The topological polar surface area (TPSA) is 60.8 Å². The summed E-state index contributed by atoms with van der Waals surface area (Å²) in [6.45, 7) is 1.66. The second-order valence-electron chi connectivity index (χ2n) is 6.44. The van der Waals surface area contributed by atoms with E-state index in [9.17, 15) is 0 Å². The second kappa shape index (κ2) is 6.63. The van der Waals surface area contributed by atoms with Crippen LogP contribution in [0.3, 0.4) is 0 Å². The van der Waals surface area contributed by atoms with E-state index >= 15 is 0 Å². The molecule has 1 atom stereocenters. The minimum absolute atomic E-state index is 0.479. The van der Waals surface area contributed by atoms with Gasteiger partial charge in [-0.15, -0.1) is 11.3 Å². The first kappa shape index (κ1) is 15.7. The van der Waals surface area contributed by atoms with E-state index in [4.69, 9.17) is 14.7 Å². The summed E-state index contributed by atoms with van der Waals surface area (Å²) in [5, 5.41) is 2.86. The molecule has 2 aliphatic rings. The molecule has 0 bridgehead atoms. The first-order valence-electron chi connectivity index (χ1n) is 8.71. The number of rotatable bonds is 3. The fourth-order valence-electron chi connectivity index (χ4n) is 3.50. The van der Waals surface area contributed by atoms with Crippen LogP contribution in [0, 0.1) is 0 Å². The van der Waals surface area contributed by atoms with Crippen LogP contribution in [0.4, 0.5) is 0 Å². The average molecular weight is 371 g/mol. The van der Waals surface area contributed by atoms with Crippen LogP contribution in [0.5, 0.6) is 0 Å². The Morgan fingerprint density at radius 3 is 2.96 bits per heavy atom. The second-order valence-corrected chi connectivity index (χ2v) is 8.81. The fraction of sp³-hybridized carbons (Fsp3) is 0.444. The highest BCUT2D eigenvalue weighted by molar-refractivity contribution is 8.00. The number of hydrogen-bond donors (Lipinski definition) is 0. The maximum atomic E-state index is 5.57. The zero-order chi connectivity index (χ0) is 16.6. The van der Waals surface area contributed by atoms with E-state index in [1.54, 1.807) is 18.6 Å². The molecule has 0 radical (unpaired) electrons. The highest BCUT2D eigenvalue weighted by atomic mass is 32.2. The molecule has 0 amide bonds. The largest absolute Gasteiger partial charge is 0.380 e. The molecule has 25 heavy (non-hydrogen) atoms. The quantitative estimate of drug-likeness (QED) is 0.652. The van der Waals surface area contributed by atoms with Crippen molar-refractivity contribution in [2.24, 2.45) is 0 Å². The molecule has 1 unspecified atom stereocenters. The van der Waals surface area contributed by atoms with Gasteiger partial charge in [-0.25, -0.2) is 15.0 Å². The minimum Gasteiger partial charge on any atom is -0.380 e. The van der Waals surface area contributed by atoms with Crippen LogP contribution in [0.25, 0.3) is 21.7 Å². The Morgan fingerprint density at radius 1 is 1.16 bits per heavy atom. The summed E-state index contributed by atoms with van der Waals surface area (Å²) in [5.41, 5.74) is 2.22. The number of nitrogens with zero attached hydrogens (tertiary/aromatic N) is 4. The van der Waals surface area contributed by atoms with E-state index < -0.39 is 0 Å². The van der Waals surface area contributed by atoms with Crippen LogP contribution in [-0.4, -0.2) is 38.4 Å². The minimum atomic E-state index is 0.479. The van der Waals surface area contributed by atoms with Crippen molar-refractivity contribution in [3.05, 3.63) is 29.0 Å². The Labute approximate surface area is 154 Å². The molecule has 3 aromatic heterocycles. The van der Waals surface area contributed by atoms with Crippen molar-refractivity contribution in [2.75, 3.05) is 13.2 Å². The summed E-state index contributed by atoms with van der Waals surface area (Å²) in [5.74, 6) is 0.681. The zero-order valence-corrected chi connectivity index (χ0v) is 15.4. The number of thioether (sulfide) groups is 1. The summed E-state index contributed by atoms with van der Waals surface area (Å²) in [6, 6.07) is 0. The molecule has 1 aliphatic heterocycles. The summed E-state index contributed by atoms with van der Waals surface area (Å²) >= 11 is 3.69. The first-order valence-corrected chi connectivity index (χ1v) is 10.4. The van der Waals surface area contributed by atoms with Crippen LogP contribution in [0.15, 0.2) is 23.6 Å². The van der Waals surface area contributed by atoms with Crippen molar-refractivity contribution in [3.8, 4) is 11.5 Å². The molecule has 7 heteroatoms. The number of aromatic nitrogens is 4. The summed E-state index contributed by atoms with van der Waals surface area (Å²) < 4.78 is 5.57. The number of fused-ring (bicyclic) bond motifs is 3. The molecule has 1 fully saturated rings. The van der Waals surface area contributed by atoms with Gasteiger partial charge in [0.05, 0.1) is 12.8 Å². The van der Waals surface area contributed by atoms with Gasteiger partial charge in [-0.05, 0) is 37.7 Å². The van der Waals surface area contributed by atoms with Crippen molar-refractivity contribution >= 4 is 33.3 Å².